The van der Waals surface area contributed by atoms with Crippen LogP contribution in [0.3, 0.4) is 0 Å². The van der Waals surface area contributed by atoms with Crippen molar-refractivity contribution in [1.82, 2.24) is 14.5 Å². The van der Waals surface area contributed by atoms with E-state index >= 15 is 0 Å². The van der Waals surface area contributed by atoms with Crippen LogP contribution in [0, 0.1) is 11.6 Å². The largest absolute Gasteiger partial charge is 0.300 e. The molecular weight excluding hydrogens is 398 g/mol. The van der Waals surface area contributed by atoms with Crippen molar-refractivity contribution in [3.05, 3.63) is 87.3 Å². The normalized spacial score (nSPS) is 11.0. The van der Waals surface area contributed by atoms with Gasteiger partial charge in [-0.1, -0.05) is 18.2 Å². The summed E-state index contributed by atoms with van der Waals surface area (Å²) in [6.07, 6.45) is 3.10. The Labute approximate surface area is 167 Å². The molecule has 0 saturated carbocycles. The van der Waals surface area contributed by atoms with Gasteiger partial charge in [-0.05, 0) is 29.8 Å². The topological polar surface area (TPSA) is 76.9 Å². The number of carbonyl (C=O) groups is 1. The van der Waals surface area contributed by atoms with Crippen LogP contribution in [0.2, 0.25) is 0 Å². The number of fused-ring (bicyclic) bond motifs is 1. The number of nitrogens with one attached hydrogen (secondary N) is 1. The Morgan fingerprint density at radius 2 is 1.90 bits per heavy atom. The molecule has 4 aromatic rings. The monoisotopic (exact) mass is 412 g/mol. The van der Waals surface area contributed by atoms with Gasteiger partial charge in [0.2, 0.25) is 5.91 Å². The Kier molecular flexibility index (Phi) is 5.13. The number of hydrogen-bond acceptors (Lipinski definition) is 5. The number of amides is 1. The number of aromatic nitrogens is 3. The van der Waals surface area contributed by atoms with Gasteiger partial charge < -0.3 is 5.32 Å². The van der Waals surface area contributed by atoms with Crippen molar-refractivity contribution in [3.8, 4) is 0 Å². The van der Waals surface area contributed by atoms with Crippen molar-refractivity contribution < 1.29 is 13.6 Å². The predicted octanol–water partition coefficient (Wildman–Crippen LogP) is 3.36. The molecule has 146 valence electrons. The maximum absolute atomic E-state index is 13.3. The molecule has 0 saturated heterocycles. The highest BCUT2D eigenvalue weighted by Crippen LogP contribution is 2.22. The summed E-state index contributed by atoms with van der Waals surface area (Å²) in [6, 6.07) is 10.8. The molecule has 0 atom stereocenters. The Morgan fingerprint density at radius 1 is 1.07 bits per heavy atom. The summed E-state index contributed by atoms with van der Waals surface area (Å²) in [7, 11) is 0. The third-order valence-corrected chi connectivity index (χ3v) is 5.13. The highest BCUT2D eigenvalue weighted by Gasteiger charge is 2.12. The minimum absolute atomic E-state index is 0.181. The van der Waals surface area contributed by atoms with E-state index in [1.54, 1.807) is 30.5 Å². The van der Waals surface area contributed by atoms with Gasteiger partial charge in [0.25, 0.3) is 5.56 Å². The molecule has 0 fully saturated rings. The van der Waals surface area contributed by atoms with Crippen molar-refractivity contribution in [3.63, 3.8) is 0 Å². The van der Waals surface area contributed by atoms with Crippen molar-refractivity contribution in [2.75, 3.05) is 5.32 Å². The minimum Gasteiger partial charge on any atom is -0.300 e. The fourth-order valence-corrected chi connectivity index (χ4v) is 3.74. The Morgan fingerprint density at radius 3 is 2.72 bits per heavy atom. The molecule has 2 heterocycles. The van der Waals surface area contributed by atoms with E-state index in [9.17, 15) is 18.4 Å². The van der Waals surface area contributed by atoms with Gasteiger partial charge in [0.15, 0.2) is 16.8 Å². The summed E-state index contributed by atoms with van der Waals surface area (Å²) in [5.74, 6) is -2.21. The maximum Gasteiger partial charge on any atom is 0.269 e. The Balaban J connectivity index is 1.47. The molecule has 0 aliphatic carbocycles. The number of anilines is 1. The lowest BCUT2D eigenvalue weighted by Crippen LogP contribution is -2.27. The molecule has 0 aliphatic rings. The van der Waals surface area contributed by atoms with Gasteiger partial charge in [-0.15, -0.1) is 11.3 Å². The second-order valence-electron chi connectivity index (χ2n) is 6.28. The van der Waals surface area contributed by atoms with E-state index in [0.717, 1.165) is 17.0 Å². The van der Waals surface area contributed by atoms with Crippen molar-refractivity contribution in [2.45, 2.75) is 13.0 Å². The molecule has 0 radical (unpaired) electrons. The van der Waals surface area contributed by atoms with Crippen LogP contribution in [0.1, 0.15) is 10.4 Å². The number of rotatable bonds is 5. The van der Waals surface area contributed by atoms with E-state index in [-0.39, 0.29) is 12.1 Å². The molecule has 1 amide bonds. The van der Waals surface area contributed by atoms with E-state index in [4.69, 9.17) is 0 Å². The highest BCUT2D eigenvalue weighted by molar-refractivity contribution is 7.15. The Bertz CT molecular complexity index is 1270. The number of halogens is 2. The standard InChI is InChI=1S/C20H14F2N4O2S/c21-14-6-5-12(8-15(14)22)7-13-9-24-20(29-13)25-18(27)11-26-17-4-2-1-3-16(17)23-10-19(26)28/h1-6,8-10H,7,11H2,(H,24,25,27). The summed E-state index contributed by atoms with van der Waals surface area (Å²) < 4.78 is 27.7. The molecule has 0 aliphatic heterocycles. The molecule has 0 unspecified atom stereocenters. The Hall–Kier alpha value is -3.46. The molecule has 2 aromatic carbocycles. The molecule has 0 spiro atoms. The lowest BCUT2D eigenvalue weighted by atomic mass is 10.1. The van der Waals surface area contributed by atoms with Crippen LogP contribution >= 0.6 is 11.3 Å². The van der Waals surface area contributed by atoms with Crippen LogP contribution in [0.15, 0.2) is 59.7 Å². The molecule has 0 bridgehead atoms. The number of thiazole rings is 1. The smallest absolute Gasteiger partial charge is 0.269 e. The second-order valence-corrected chi connectivity index (χ2v) is 7.39. The zero-order valence-corrected chi connectivity index (χ0v) is 15.7. The van der Waals surface area contributed by atoms with Crippen molar-refractivity contribution in [1.29, 1.82) is 0 Å². The van der Waals surface area contributed by atoms with Gasteiger partial charge in [0.05, 0.1) is 17.2 Å². The van der Waals surface area contributed by atoms with E-state index in [2.05, 4.69) is 15.3 Å². The molecule has 1 N–H and O–H groups in total. The molecular formula is C20H14F2N4O2S. The van der Waals surface area contributed by atoms with Crippen LogP contribution < -0.4 is 10.9 Å². The number of benzene rings is 2. The summed E-state index contributed by atoms with van der Waals surface area (Å²) in [4.78, 5) is 33.5. The summed E-state index contributed by atoms with van der Waals surface area (Å²) in [5.41, 5.74) is 1.40. The van der Waals surface area contributed by atoms with Gasteiger partial charge in [0.1, 0.15) is 6.54 Å². The molecule has 4 rings (SSSR count). The first kappa shape index (κ1) is 18.9. The average Bonchev–Trinajstić information content (AvgIpc) is 3.13. The SMILES string of the molecule is O=C(Cn1c(=O)cnc2ccccc21)Nc1ncc(Cc2ccc(F)c(F)c2)s1. The molecule has 29 heavy (non-hydrogen) atoms. The maximum atomic E-state index is 13.3. The second kappa shape index (κ2) is 7.88. The number of carbonyl (C=O) groups excluding carboxylic acids is 1. The fraction of sp³-hybridized carbons (Fsp3) is 0.100. The summed E-state index contributed by atoms with van der Waals surface area (Å²) >= 11 is 1.23. The number of para-hydroxylation sites is 2. The zero-order valence-electron chi connectivity index (χ0n) is 14.9. The van der Waals surface area contributed by atoms with Crippen LogP contribution in [-0.2, 0) is 17.8 Å². The first-order valence-electron chi connectivity index (χ1n) is 8.62. The average molecular weight is 412 g/mol. The van der Waals surface area contributed by atoms with Gasteiger partial charge in [-0.2, -0.15) is 0 Å². The van der Waals surface area contributed by atoms with E-state index < -0.39 is 17.5 Å². The predicted molar refractivity (Wildman–Crippen MR) is 106 cm³/mol. The van der Waals surface area contributed by atoms with Crippen LogP contribution in [0.25, 0.3) is 11.0 Å². The van der Waals surface area contributed by atoms with E-state index in [0.29, 0.717) is 28.1 Å². The molecule has 6 nitrogen and oxygen atoms in total. The fourth-order valence-electron chi connectivity index (χ4n) is 2.88. The molecule has 2 aromatic heterocycles. The van der Waals surface area contributed by atoms with E-state index in [1.165, 1.54) is 28.2 Å². The third kappa shape index (κ3) is 4.19. The van der Waals surface area contributed by atoms with Crippen molar-refractivity contribution >= 4 is 33.4 Å². The summed E-state index contributed by atoms with van der Waals surface area (Å²) in [6.45, 7) is -0.181. The first-order chi connectivity index (χ1) is 14.0. The van der Waals surface area contributed by atoms with E-state index in [1.807, 2.05) is 0 Å². The van der Waals surface area contributed by atoms with Crippen LogP contribution in [0.5, 0.6) is 0 Å². The first-order valence-corrected chi connectivity index (χ1v) is 9.44. The lowest BCUT2D eigenvalue weighted by Gasteiger charge is -2.08. The van der Waals surface area contributed by atoms with Crippen LogP contribution in [0.4, 0.5) is 13.9 Å². The molecule has 9 heteroatoms. The van der Waals surface area contributed by atoms with Crippen LogP contribution in [-0.4, -0.2) is 20.4 Å². The minimum atomic E-state index is -0.907. The lowest BCUT2D eigenvalue weighted by molar-refractivity contribution is -0.116. The summed E-state index contributed by atoms with van der Waals surface area (Å²) in [5, 5.41) is 3.02. The van der Waals surface area contributed by atoms with Gasteiger partial charge in [0, 0.05) is 17.5 Å². The zero-order chi connectivity index (χ0) is 20.4. The third-order valence-electron chi connectivity index (χ3n) is 4.22. The van der Waals surface area contributed by atoms with Gasteiger partial charge in [-0.3, -0.25) is 14.2 Å². The van der Waals surface area contributed by atoms with Crippen molar-refractivity contribution in [2.24, 2.45) is 0 Å². The van der Waals surface area contributed by atoms with Gasteiger partial charge in [-0.25, -0.2) is 18.7 Å². The number of hydrogen-bond donors (Lipinski definition) is 1. The quantitative estimate of drug-likeness (QED) is 0.545. The van der Waals surface area contributed by atoms with Gasteiger partial charge >= 0.3 is 0 Å². The highest BCUT2D eigenvalue weighted by atomic mass is 32.1. The number of nitrogens with zero attached hydrogens (tertiary/aromatic N) is 3.